The van der Waals surface area contributed by atoms with Gasteiger partial charge in [-0.3, -0.25) is 10.1 Å². The molecule has 0 aliphatic carbocycles. The fourth-order valence-corrected chi connectivity index (χ4v) is 4.82. The van der Waals surface area contributed by atoms with Gasteiger partial charge in [-0.15, -0.1) is 0 Å². The van der Waals surface area contributed by atoms with Crippen molar-refractivity contribution in [3.8, 4) is 0 Å². The highest BCUT2D eigenvalue weighted by Gasteiger charge is 2.34. The number of hydrogen-bond acceptors (Lipinski definition) is 4. The number of carbonyl (C=O) groups excluding carboxylic acids is 1. The highest BCUT2D eigenvalue weighted by molar-refractivity contribution is 8.06. The van der Waals surface area contributed by atoms with Gasteiger partial charge in [0, 0.05) is 29.1 Å². The van der Waals surface area contributed by atoms with Crippen LogP contribution >= 0.6 is 23.5 Å². The average Bonchev–Trinajstić information content (AvgIpc) is 2.62. The van der Waals surface area contributed by atoms with Gasteiger partial charge >= 0.3 is 0 Å². The lowest BCUT2D eigenvalue weighted by Crippen LogP contribution is -2.38. The predicted molar refractivity (Wildman–Crippen MR) is 71.9 cm³/mol. The van der Waals surface area contributed by atoms with E-state index in [1.165, 1.54) is 17.3 Å². The van der Waals surface area contributed by atoms with Gasteiger partial charge in [0.1, 0.15) is 0 Å². The average molecular weight is 260 g/mol. The van der Waals surface area contributed by atoms with Crippen LogP contribution in [0.3, 0.4) is 0 Å². The zero-order chi connectivity index (χ0) is 11.5. The molecule has 2 atom stereocenters. The summed E-state index contributed by atoms with van der Waals surface area (Å²) in [5.74, 6) is 4.39. The monoisotopic (exact) mass is 260 g/mol. The molecule has 2 aliphatic heterocycles. The summed E-state index contributed by atoms with van der Waals surface area (Å²) >= 11 is 4.03. The molecule has 2 heterocycles. The molecule has 16 heavy (non-hydrogen) atoms. The van der Waals surface area contributed by atoms with E-state index >= 15 is 0 Å². The van der Waals surface area contributed by atoms with Gasteiger partial charge in [-0.2, -0.15) is 23.5 Å². The maximum atomic E-state index is 12.1. The molecule has 3 nitrogen and oxygen atoms in total. The lowest BCUT2D eigenvalue weighted by Gasteiger charge is -2.26. The number of nitrogens with one attached hydrogen (secondary N) is 1. The molecule has 1 N–H and O–H groups in total. The van der Waals surface area contributed by atoms with E-state index in [1.54, 1.807) is 0 Å². The number of rotatable bonds is 3. The number of amides is 1. The first-order valence-electron chi connectivity index (χ1n) is 5.90. The van der Waals surface area contributed by atoms with Crippen molar-refractivity contribution in [2.75, 3.05) is 30.5 Å². The van der Waals surface area contributed by atoms with Crippen LogP contribution in [0.1, 0.15) is 13.8 Å². The maximum Gasteiger partial charge on any atom is 0.241 e. The third kappa shape index (κ3) is 2.87. The van der Waals surface area contributed by atoms with Crippen LogP contribution in [0.4, 0.5) is 0 Å². The molecule has 2 fully saturated rings. The van der Waals surface area contributed by atoms with Gasteiger partial charge in [0.05, 0.1) is 12.7 Å². The topological polar surface area (TPSA) is 32.3 Å². The second-order valence-corrected chi connectivity index (χ2v) is 7.27. The quantitative estimate of drug-likeness (QED) is 0.828. The van der Waals surface area contributed by atoms with Gasteiger partial charge in [0.25, 0.3) is 0 Å². The summed E-state index contributed by atoms with van der Waals surface area (Å²) in [5, 5.41) is 3.94. The fourth-order valence-electron chi connectivity index (χ4n) is 2.13. The van der Waals surface area contributed by atoms with E-state index in [4.69, 9.17) is 0 Å². The Hall–Kier alpha value is 0.130. The Morgan fingerprint density at radius 3 is 2.88 bits per heavy atom. The smallest absolute Gasteiger partial charge is 0.241 e. The number of nitrogens with zero attached hydrogens (tertiary/aromatic N) is 1. The first kappa shape index (κ1) is 12.6. The highest BCUT2D eigenvalue weighted by atomic mass is 32.2. The Labute approximate surface area is 106 Å². The highest BCUT2D eigenvalue weighted by Crippen LogP contribution is 2.25. The van der Waals surface area contributed by atoms with Crippen LogP contribution in [0.2, 0.25) is 0 Å². The van der Waals surface area contributed by atoms with Gasteiger partial charge < -0.3 is 4.90 Å². The molecular formula is C11H20N2OS2. The molecule has 5 heteroatoms. The molecule has 1 amide bonds. The molecule has 0 aromatic rings. The van der Waals surface area contributed by atoms with Crippen molar-refractivity contribution in [3.63, 3.8) is 0 Å². The van der Waals surface area contributed by atoms with Gasteiger partial charge in [0.2, 0.25) is 5.91 Å². The second kappa shape index (κ2) is 5.65. The van der Waals surface area contributed by atoms with Crippen LogP contribution in [0.15, 0.2) is 0 Å². The van der Waals surface area contributed by atoms with E-state index in [0.29, 0.717) is 17.1 Å². The summed E-state index contributed by atoms with van der Waals surface area (Å²) in [4.78, 5) is 14.1. The minimum atomic E-state index is 0.0428. The second-order valence-electron chi connectivity index (χ2n) is 4.71. The van der Waals surface area contributed by atoms with Crippen molar-refractivity contribution in [1.82, 2.24) is 10.2 Å². The third-order valence-corrected chi connectivity index (χ3v) is 5.88. The Kier molecular flexibility index (Phi) is 4.44. The molecule has 2 unspecified atom stereocenters. The summed E-state index contributed by atoms with van der Waals surface area (Å²) in [6, 6.07) is 0.0428. The van der Waals surface area contributed by atoms with Crippen LogP contribution in [0, 0.1) is 5.92 Å². The molecule has 0 aromatic carbocycles. The maximum absolute atomic E-state index is 12.1. The standard InChI is InChI=1S/C11H20N2OS2/c1-8(2)10-11(14)13(7-12-10)5-9-6-15-3-4-16-9/h8-10,12H,3-7H2,1-2H3. The van der Waals surface area contributed by atoms with E-state index in [-0.39, 0.29) is 6.04 Å². The van der Waals surface area contributed by atoms with E-state index in [9.17, 15) is 4.79 Å². The number of thioether (sulfide) groups is 2. The van der Waals surface area contributed by atoms with E-state index in [0.717, 1.165) is 13.2 Å². The Bertz CT molecular complexity index is 254. The van der Waals surface area contributed by atoms with Crippen molar-refractivity contribution in [1.29, 1.82) is 0 Å². The summed E-state index contributed by atoms with van der Waals surface area (Å²) in [7, 11) is 0. The zero-order valence-electron chi connectivity index (χ0n) is 9.94. The first-order chi connectivity index (χ1) is 7.68. The molecule has 2 aliphatic rings. The predicted octanol–water partition coefficient (Wildman–Crippen LogP) is 1.25. The van der Waals surface area contributed by atoms with Crippen molar-refractivity contribution in [2.24, 2.45) is 5.92 Å². The molecule has 0 aromatic heterocycles. The van der Waals surface area contributed by atoms with E-state index in [1.807, 2.05) is 28.4 Å². The van der Waals surface area contributed by atoms with Crippen molar-refractivity contribution in [3.05, 3.63) is 0 Å². The van der Waals surface area contributed by atoms with E-state index < -0.39 is 0 Å². The van der Waals surface area contributed by atoms with Crippen LogP contribution in [-0.2, 0) is 4.79 Å². The third-order valence-electron chi connectivity index (χ3n) is 3.06. The summed E-state index contributed by atoms with van der Waals surface area (Å²) in [6.07, 6.45) is 0. The minimum Gasteiger partial charge on any atom is -0.327 e. The zero-order valence-corrected chi connectivity index (χ0v) is 11.6. The minimum absolute atomic E-state index is 0.0428. The van der Waals surface area contributed by atoms with Gasteiger partial charge in [0.15, 0.2) is 0 Å². The Balaban J connectivity index is 1.84. The van der Waals surface area contributed by atoms with Gasteiger partial charge in [-0.05, 0) is 5.92 Å². The van der Waals surface area contributed by atoms with Crippen molar-refractivity contribution in [2.45, 2.75) is 25.1 Å². The normalized spacial score (nSPS) is 31.4. The van der Waals surface area contributed by atoms with Crippen LogP contribution < -0.4 is 5.32 Å². The summed E-state index contributed by atoms with van der Waals surface area (Å²) < 4.78 is 0. The van der Waals surface area contributed by atoms with Gasteiger partial charge in [-0.25, -0.2) is 0 Å². The summed E-state index contributed by atoms with van der Waals surface area (Å²) in [5.41, 5.74) is 0. The van der Waals surface area contributed by atoms with Crippen LogP contribution in [0.5, 0.6) is 0 Å². The number of hydrogen-bond donors (Lipinski definition) is 1. The van der Waals surface area contributed by atoms with Gasteiger partial charge in [-0.1, -0.05) is 13.8 Å². The largest absolute Gasteiger partial charge is 0.327 e. The van der Waals surface area contributed by atoms with Crippen LogP contribution in [0.25, 0.3) is 0 Å². The molecular weight excluding hydrogens is 240 g/mol. The molecule has 92 valence electrons. The molecule has 0 spiro atoms. The molecule has 2 rings (SSSR count). The summed E-state index contributed by atoms with van der Waals surface area (Å²) in [6.45, 7) is 5.87. The molecule has 0 radical (unpaired) electrons. The lowest BCUT2D eigenvalue weighted by molar-refractivity contribution is -0.129. The fraction of sp³-hybridized carbons (Fsp3) is 0.909. The van der Waals surface area contributed by atoms with Crippen molar-refractivity contribution < 1.29 is 4.79 Å². The van der Waals surface area contributed by atoms with Crippen molar-refractivity contribution >= 4 is 29.4 Å². The Morgan fingerprint density at radius 1 is 1.50 bits per heavy atom. The lowest BCUT2D eigenvalue weighted by atomic mass is 10.1. The van der Waals surface area contributed by atoms with E-state index in [2.05, 4.69) is 19.2 Å². The molecule has 0 saturated carbocycles. The van der Waals surface area contributed by atoms with Crippen LogP contribution in [-0.4, -0.2) is 52.6 Å². The molecule has 0 bridgehead atoms. The number of carbonyl (C=O) groups is 1. The SMILES string of the molecule is CC(C)C1NCN(CC2CSCCS2)C1=O. The first-order valence-corrected chi connectivity index (χ1v) is 8.10. The Morgan fingerprint density at radius 2 is 2.31 bits per heavy atom. The molecule has 2 saturated heterocycles.